The fourth-order valence-electron chi connectivity index (χ4n) is 4.25. The number of piperidine rings is 1. The largest absolute Gasteiger partial charge is 0.355 e. The Bertz CT molecular complexity index is 844. The van der Waals surface area contributed by atoms with Gasteiger partial charge in [-0.15, -0.1) is 0 Å². The second-order valence-corrected chi connectivity index (χ2v) is 7.36. The van der Waals surface area contributed by atoms with Crippen LogP contribution in [0.25, 0.3) is 10.8 Å². The molecule has 2 N–H and O–H groups in total. The number of carbonyl (C=O) groups excluding carboxylic acids is 1. The van der Waals surface area contributed by atoms with Crippen LogP contribution >= 0.6 is 0 Å². The molecule has 2 aromatic rings. The molecule has 1 unspecified atom stereocenters. The fourth-order valence-corrected chi connectivity index (χ4v) is 4.25. The quantitative estimate of drug-likeness (QED) is 0.641. The summed E-state index contributed by atoms with van der Waals surface area (Å²) in [5, 5.41) is 8.83. The number of rotatable bonds is 2. The number of nitrogens with zero attached hydrogens (tertiary/aromatic N) is 3. The monoisotopic (exact) mass is 351 g/mol. The van der Waals surface area contributed by atoms with Gasteiger partial charge in [0.25, 0.3) is 0 Å². The molecule has 1 amide bonds. The summed E-state index contributed by atoms with van der Waals surface area (Å²) >= 11 is 0. The molecule has 0 saturated carbocycles. The van der Waals surface area contributed by atoms with E-state index in [2.05, 4.69) is 37.6 Å². The van der Waals surface area contributed by atoms with E-state index in [0.717, 1.165) is 44.1 Å². The van der Waals surface area contributed by atoms with Gasteiger partial charge in [-0.05, 0) is 24.3 Å². The number of carbonyl (C=O) groups is 1. The second kappa shape index (κ2) is 6.94. The van der Waals surface area contributed by atoms with Crippen LogP contribution in [0, 0.1) is 5.41 Å². The number of amides is 1. The van der Waals surface area contributed by atoms with Gasteiger partial charge >= 0.3 is 0 Å². The summed E-state index contributed by atoms with van der Waals surface area (Å²) in [6.07, 6.45) is 4.67. The highest BCUT2D eigenvalue weighted by Crippen LogP contribution is 2.36. The fraction of sp³-hybridized carbons (Fsp3) is 0.450. The van der Waals surface area contributed by atoms with Crippen molar-refractivity contribution in [2.45, 2.75) is 25.8 Å². The molecule has 4 rings (SSSR count). The third-order valence-corrected chi connectivity index (χ3v) is 5.54. The first-order valence-corrected chi connectivity index (χ1v) is 9.24. The predicted octanol–water partition coefficient (Wildman–Crippen LogP) is 1.91. The van der Waals surface area contributed by atoms with Gasteiger partial charge in [-0.1, -0.05) is 24.3 Å². The van der Waals surface area contributed by atoms with Gasteiger partial charge in [0.2, 0.25) is 5.91 Å². The summed E-state index contributed by atoms with van der Waals surface area (Å²) in [5.74, 6) is 1.06. The zero-order valence-corrected chi connectivity index (χ0v) is 15.2. The average molecular weight is 351 g/mol. The summed E-state index contributed by atoms with van der Waals surface area (Å²) in [6, 6.07) is 10.3. The van der Waals surface area contributed by atoms with Crippen molar-refractivity contribution in [3.63, 3.8) is 0 Å². The van der Waals surface area contributed by atoms with Crippen LogP contribution in [-0.4, -0.2) is 48.4 Å². The maximum Gasteiger partial charge on any atom is 0.220 e. The SMILES string of the molecule is CN=C(NCc1nccc2ccccc12)N1CCCC2(CNC(=O)C2)C1. The minimum Gasteiger partial charge on any atom is -0.355 e. The van der Waals surface area contributed by atoms with Gasteiger partial charge in [-0.25, -0.2) is 0 Å². The molecule has 1 aromatic carbocycles. The first-order chi connectivity index (χ1) is 12.7. The first kappa shape index (κ1) is 16.8. The Balaban J connectivity index is 1.47. The molecule has 2 saturated heterocycles. The summed E-state index contributed by atoms with van der Waals surface area (Å²) in [7, 11) is 1.82. The number of benzene rings is 1. The van der Waals surface area contributed by atoms with Crippen LogP contribution in [0.5, 0.6) is 0 Å². The smallest absolute Gasteiger partial charge is 0.220 e. The Labute approximate surface area is 153 Å². The van der Waals surface area contributed by atoms with Gasteiger partial charge in [-0.3, -0.25) is 14.8 Å². The molecule has 136 valence electrons. The second-order valence-electron chi connectivity index (χ2n) is 7.36. The highest BCUT2D eigenvalue weighted by atomic mass is 16.1. The molecule has 2 aliphatic rings. The van der Waals surface area contributed by atoms with E-state index >= 15 is 0 Å². The van der Waals surface area contributed by atoms with E-state index < -0.39 is 0 Å². The number of hydrogen-bond donors (Lipinski definition) is 2. The van der Waals surface area contributed by atoms with Gasteiger partial charge in [0, 0.05) is 50.1 Å². The van der Waals surface area contributed by atoms with Gasteiger partial charge in [0.1, 0.15) is 0 Å². The molecule has 0 radical (unpaired) electrons. The minimum atomic E-state index is 0.0602. The lowest BCUT2D eigenvalue weighted by molar-refractivity contribution is -0.119. The van der Waals surface area contributed by atoms with Crippen LogP contribution < -0.4 is 10.6 Å². The van der Waals surface area contributed by atoms with E-state index in [1.807, 2.05) is 31.4 Å². The maximum atomic E-state index is 11.7. The van der Waals surface area contributed by atoms with Gasteiger partial charge < -0.3 is 15.5 Å². The normalized spacial score (nSPS) is 23.5. The Morgan fingerprint density at radius 3 is 3.08 bits per heavy atom. The molecule has 3 heterocycles. The molecule has 6 heteroatoms. The number of guanidine groups is 1. The van der Waals surface area contributed by atoms with Crippen molar-refractivity contribution < 1.29 is 4.79 Å². The van der Waals surface area contributed by atoms with Crippen molar-refractivity contribution in [3.05, 3.63) is 42.2 Å². The van der Waals surface area contributed by atoms with Crippen molar-refractivity contribution in [2.24, 2.45) is 10.4 Å². The van der Waals surface area contributed by atoms with Crippen molar-refractivity contribution in [1.82, 2.24) is 20.5 Å². The van der Waals surface area contributed by atoms with Crippen molar-refractivity contribution in [2.75, 3.05) is 26.7 Å². The van der Waals surface area contributed by atoms with E-state index in [0.29, 0.717) is 13.0 Å². The van der Waals surface area contributed by atoms with Crippen molar-refractivity contribution in [3.8, 4) is 0 Å². The van der Waals surface area contributed by atoms with Crippen LogP contribution in [0.15, 0.2) is 41.5 Å². The Morgan fingerprint density at radius 2 is 2.27 bits per heavy atom. The van der Waals surface area contributed by atoms with Gasteiger partial charge in [0.05, 0.1) is 12.2 Å². The van der Waals surface area contributed by atoms with Gasteiger partial charge in [-0.2, -0.15) is 0 Å². The summed E-state index contributed by atoms with van der Waals surface area (Å²) in [4.78, 5) is 23.0. The minimum absolute atomic E-state index is 0.0602. The maximum absolute atomic E-state index is 11.7. The Hall–Kier alpha value is -2.63. The number of nitrogens with one attached hydrogen (secondary N) is 2. The van der Waals surface area contributed by atoms with E-state index in [-0.39, 0.29) is 11.3 Å². The number of pyridine rings is 1. The van der Waals surface area contributed by atoms with Crippen molar-refractivity contribution >= 4 is 22.6 Å². The zero-order chi connectivity index (χ0) is 18.0. The molecule has 0 aliphatic carbocycles. The third-order valence-electron chi connectivity index (χ3n) is 5.54. The molecule has 2 aliphatic heterocycles. The number of fused-ring (bicyclic) bond motifs is 1. The van der Waals surface area contributed by atoms with Crippen LogP contribution in [0.1, 0.15) is 25.0 Å². The molecule has 1 spiro atoms. The molecule has 6 nitrogen and oxygen atoms in total. The standard InChI is InChI=1S/C20H25N5O/c1-21-19(25-10-4-8-20(14-25)11-18(26)24-13-20)23-12-17-16-6-3-2-5-15(16)7-9-22-17/h2-3,5-7,9H,4,8,10-14H2,1H3,(H,21,23)(H,24,26). The Morgan fingerprint density at radius 1 is 1.38 bits per heavy atom. The molecule has 1 aromatic heterocycles. The van der Waals surface area contributed by atoms with E-state index in [1.165, 1.54) is 10.8 Å². The highest BCUT2D eigenvalue weighted by molar-refractivity contribution is 5.85. The summed E-state index contributed by atoms with van der Waals surface area (Å²) < 4.78 is 0. The number of aromatic nitrogens is 1. The van der Waals surface area contributed by atoms with Gasteiger partial charge in [0.15, 0.2) is 5.96 Å². The van der Waals surface area contributed by atoms with Crippen LogP contribution in [0.2, 0.25) is 0 Å². The molecular formula is C20H25N5O. The lowest BCUT2D eigenvalue weighted by Crippen LogP contribution is -2.51. The molecule has 1 atom stereocenters. The van der Waals surface area contributed by atoms with Crippen LogP contribution in [-0.2, 0) is 11.3 Å². The molecule has 2 fully saturated rings. The molecular weight excluding hydrogens is 326 g/mol. The average Bonchev–Trinajstić information content (AvgIpc) is 3.02. The topological polar surface area (TPSA) is 69.6 Å². The Kier molecular flexibility index (Phi) is 4.49. The lowest BCUT2D eigenvalue weighted by Gasteiger charge is -2.40. The summed E-state index contributed by atoms with van der Waals surface area (Å²) in [5.41, 5.74) is 1.08. The lowest BCUT2D eigenvalue weighted by atomic mass is 9.79. The molecule has 26 heavy (non-hydrogen) atoms. The summed E-state index contributed by atoms with van der Waals surface area (Å²) in [6.45, 7) is 3.26. The van der Waals surface area contributed by atoms with E-state index in [9.17, 15) is 4.79 Å². The highest BCUT2D eigenvalue weighted by Gasteiger charge is 2.42. The number of hydrogen-bond acceptors (Lipinski definition) is 3. The van der Waals surface area contributed by atoms with Crippen LogP contribution in [0.3, 0.4) is 0 Å². The number of aliphatic imine (C=N–C) groups is 1. The van der Waals surface area contributed by atoms with Crippen molar-refractivity contribution in [1.29, 1.82) is 0 Å². The predicted molar refractivity (Wildman–Crippen MR) is 103 cm³/mol. The van der Waals surface area contributed by atoms with Crippen LogP contribution in [0.4, 0.5) is 0 Å². The zero-order valence-electron chi connectivity index (χ0n) is 15.2. The third kappa shape index (κ3) is 3.23. The van der Waals surface area contributed by atoms with E-state index in [1.54, 1.807) is 0 Å². The van der Waals surface area contributed by atoms with E-state index in [4.69, 9.17) is 0 Å². The molecule has 0 bridgehead atoms. The first-order valence-electron chi connectivity index (χ1n) is 9.24. The number of likely N-dealkylation sites (tertiary alicyclic amines) is 1.